The quantitative estimate of drug-likeness (QED) is 0.759. The molecule has 1 saturated carbocycles. The van der Waals surface area contributed by atoms with E-state index in [1.807, 2.05) is 11.3 Å². The largest absolute Gasteiger partial charge is 0.328 e. The number of nitrogens with zero attached hydrogens (tertiary/aromatic N) is 1. The Labute approximate surface area is 137 Å². The van der Waals surface area contributed by atoms with Crippen LogP contribution in [-0.4, -0.2) is 23.5 Å². The molecule has 2 nitrogen and oxygen atoms in total. The van der Waals surface area contributed by atoms with Gasteiger partial charge >= 0.3 is 0 Å². The maximum atomic E-state index is 6.02. The molecule has 1 aromatic rings. The van der Waals surface area contributed by atoms with Crippen LogP contribution in [-0.2, 0) is 6.54 Å². The number of hydrogen-bond donors (Lipinski definition) is 1. The minimum Gasteiger partial charge on any atom is -0.328 e. The van der Waals surface area contributed by atoms with Crippen molar-refractivity contribution >= 4 is 43.2 Å². The molecule has 0 radical (unpaired) electrons. The van der Waals surface area contributed by atoms with Crippen molar-refractivity contribution in [1.82, 2.24) is 4.90 Å². The standard InChI is InChI=1S/C14H22Br2N2S/c1-2-7-18(11-5-3-10(17)4-6-11)9-12-8-13(15)14(16)19-12/h8,10-11H,2-7,9,17H2,1H3. The molecule has 1 fully saturated rings. The predicted molar refractivity (Wildman–Crippen MR) is 90.7 cm³/mol. The van der Waals surface area contributed by atoms with Gasteiger partial charge in [-0.3, -0.25) is 4.90 Å². The molecule has 1 aliphatic rings. The normalized spacial score (nSPS) is 24.1. The summed E-state index contributed by atoms with van der Waals surface area (Å²) in [6.07, 6.45) is 6.10. The molecular formula is C14H22Br2N2S. The SMILES string of the molecule is CCCN(Cc1cc(Br)c(Br)s1)C1CCC(N)CC1. The number of hydrogen-bond acceptors (Lipinski definition) is 3. The summed E-state index contributed by atoms with van der Waals surface area (Å²) in [5.41, 5.74) is 6.02. The van der Waals surface area contributed by atoms with Gasteiger partial charge in [0.2, 0.25) is 0 Å². The van der Waals surface area contributed by atoms with Gasteiger partial charge in [0.25, 0.3) is 0 Å². The molecule has 0 unspecified atom stereocenters. The van der Waals surface area contributed by atoms with Crippen LogP contribution in [0.15, 0.2) is 14.3 Å². The fourth-order valence-corrected chi connectivity index (χ4v) is 5.02. The maximum Gasteiger partial charge on any atom is 0.0843 e. The highest BCUT2D eigenvalue weighted by molar-refractivity contribution is 9.13. The Morgan fingerprint density at radius 1 is 1.32 bits per heavy atom. The summed E-state index contributed by atoms with van der Waals surface area (Å²) in [4.78, 5) is 4.08. The van der Waals surface area contributed by atoms with Crippen LogP contribution in [0.3, 0.4) is 0 Å². The third-order valence-corrected chi connectivity index (χ3v) is 7.06. The first-order valence-corrected chi connectivity index (χ1v) is 9.43. The van der Waals surface area contributed by atoms with Crippen molar-refractivity contribution in [2.45, 2.75) is 57.7 Å². The molecule has 1 aromatic heterocycles. The van der Waals surface area contributed by atoms with E-state index in [0.717, 1.165) is 12.6 Å². The van der Waals surface area contributed by atoms with Crippen LogP contribution in [0.25, 0.3) is 0 Å². The van der Waals surface area contributed by atoms with E-state index in [1.54, 1.807) is 0 Å². The minimum absolute atomic E-state index is 0.435. The zero-order valence-corrected chi connectivity index (χ0v) is 15.4. The molecule has 0 aromatic carbocycles. The van der Waals surface area contributed by atoms with Crippen molar-refractivity contribution < 1.29 is 0 Å². The average Bonchev–Trinajstić information content (AvgIpc) is 2.69. The average molecular weight is 410 g/mol. The molecule has 0 saturated heterocycles. The molecule has 0 aliphatic heterocycles. The minimum atomic E-state index is 0.435. The molecule has 0 atom stereocenters. The molecule has 108 valence electrons. The number of thiophene rings is 1. The Bertz CT molecular complexity index is 381. The lowest BCUT2D eigenvalue weighted by atomic mass is 9.90. The first-order chi connectivity index (χ1) is 9.10. The molecule has 2 N–H and O–H groups in total. The number of rotatable bonds is 5. The summed E-state index contributed by atoms with van der Waals surface area (Å²) in [7, 11) is 0. The second-order valence-electron chi connectivity index (χ2n) is 5.37. The van der Waals surface area contributed by atoms with Crippen LogP contribution < -0.4 is 5.73 Å². The van der Waals surface area contributed by atoms with Gasteiger partial charge in [0.05, 0.1) is 3.79 Å². The lowest BCUT2D eigenvalue weighted by Crippen LogP contribution is -2.40. The number of halogens is 2. The molecular weight excluding hydrogens is 388 g/mol. The summed E-state index contributed by atoms with van der Waals surface area (Å²) in [6.45, 7) is 4.53. The molecule has 0 spiro atoms. The lowest BCUT2D eigenvalue weighted by molar-refractivity contribution is 0.143. The van der Waals surface area contributed by atoms with E-state index in [-0.39, 0.29) is 0 Å². The van der Waals surface area contributed by atoms with Crippen molar-refractivity contribution in [3.8, 4) is 0 Å². The van der Waals surface area contributed by atoms with Crippen molar-refractivity contribution in [2.75, 3.05) is 6.54 Å². The summed E-state index contributed by atoms with van der Waals surface area (Å²) < 4.78 is 2.37. The number of nitrogens with two attached hydrogens (primary N) is 1. The van der Waals surface area contributed by atoms with Gasteiger partial charge in [0.15, 0.2) is 0 Å². The Morgan fingerprint density at radius 2 is 2.00 bits per heavy atom. The molecule has 1 aliphatic carbocycles. The van der Waals surface area contributed by atoms with Crippen molar-refractivity contribution in [2.24, 2.45) is 5.73 Å². The van der Waals surface area contributed by atoms with Crippen molar-refractivity contribution in [3.05, 3.63) is 19.2 Å². The fourth-order valence-electron chi connectivity index (χ4n) is 2.81. The van der Waals surface area contributed by atoms with Crippen molar-refractivity contribution in [3.63, 3.8) is 0 Å². The highest BCUT2D eigenvalue weighted by Gasteiger charge is 2.24. The molecule has 1 heterocycles. The Kier molecular flexibility index (Phi) is 6.34. The van der Waals surface area contributed by atoms with Crippen LogP contribution in [0, 0.1) is 0 Å². The molecule has 5 heteroatoms. The third-order valence-electron chi connectivity index (χ3n) is 3.82. The van der Waals surface area contributed by atoms with Crippen LogP contribution in [0.1, 0.15) is 43.9 Å². The van der Waals surface area contributed by atoms with Gasteiger partial charge in [0, 0.05) is 28.0 Å². The van der Waals surface area contributed by atoms with Gasteiger partial charge in [-0.25, -0.2) is 0 Å². The second kappa shape index (κ2) is 7.55. The van der Waals surface area contributed by atoms with Crippen LogP contribution in [0.5, 0.6) is 0 Å². The topological polar surface area (TPSA) is 29.3 Å². The van der Waals surface area contributed by atoms with E-state index in [9.17, 15) is 0 Å². The van der Waals surface area contributed by atoms with E-state index in [1.165, 1.54) is 51.8 Å². The fraction of sp³-hybridized carbons (Fsp3) is 0.714. The second-order valence-corrected chi connectivity index (χ2v) is 8.68. The van der Waals surface area contributed by atoms with Gasteiger partial charge in [-0.05, 0) is 76.6 Å². The third kappa shape index (κ3) is 4.53. The molecule has 2 rings (SSSR count). The van der Waals surface area contributed by atoms with Gasteiger partial charge in [-0.15, -0.1) is 11.3 Å². The van der Waals surface area contributed by atoms with Crippen molar-refractivity contribution in [1.29, 1.82) is 0 Å². The molecule has 0 bridgehead atoms. The monoisotopic (exact) mass is 408 g/mol. The van der Waals surface area contributed by atoms with Gasteiger partial charge in [0.1, 0.15) is 0 Å². The van der Waals surface area contributed by atoms with E-state index in [4.69, 9.17) is 5.73 Å². The summed E-state index contributed by atoms with van der Waals surface area (Å²) in [6, 6.07) is 3.40. The Hall–Kier alpha value is 0.580. The van der Waals surface area contributed by atoms with Crippen LogP contribution >= 0.6 is 43.2 Å². The van der Waals surface area contributed by atoms with E-state index < -0.39 is 0 Å². The maximum absolute atomic E-state index is 6.02. The first-order valence-electron chi connectivity index (χ1n) is 7.03. The lowest BCUT2D eigenvalue weighted by Gasteiger charge is -2.35. The highest BCUT2D eigenvalue weighted by Crippen LogP contribution is 2.34. The predicted octanol–water partition coefficient (Wildman–Crippen LogP) is 4.76. The van der Waals surface area contributed by atoms with Gasteiger partial charge < -0.3 is 5.73 Å². The van der Waals surface area contributed by atoms with Crippen LogP contribution in [0.2, 0.25) is 0 Å². The van der Waals surface area contributed by atoms with E-state index >= 15 is 0 Å². The van der Waals surface area contributed by atoms with Crippen LogP contribution in [0.4, 0.5) is 0 Å². The van der Waals surface area contributed by atoms with Gasteiger partial charge in [-0.1, -0.05) is 6.92 Å². The van der Waals surface area contributed by atoms with Gasteiger partial charge in [-0.2, -0.15) is 0 Å². The zero-order valence-electron chi connectivity index (χ0n) is 11.4. The highest BCUT2D eigenvalue weighted by atomic mass is 79.9. The summed E-state index contributed by atoms with van der Waals surface area (Å²) >= 11 is 9.00. The Balaban J connectivity index is 1.99. The molecule has 19 heavy (non-hydrogen) atoms. The van der Waals surface area contributed by atoms with E-state index in [2.05, 4.69) is 49.7 Å². The van der Waals surface area contributed by atoms with E-state index in [0.29, 0.717) is 6.04 Å². The first kappa shape index (κ1) is 16.0. The Morgan fingerprint density at radius 3 is 2.53 bits per heavy atom. The molecule has 0 amide bonds. The summed E-state index contributed by atoms with van der Waals surface area (Å²) in [5.74, 6) is 0. The smallest absolute Gasteiger partial charge is 0.0843 e. The summed E-state index contributed by atoms with van der Waals surface area (Å²) in [5, 5.41) is 0. The zero-order chi connectivity index (χ0) is 13.8.